The van der Waals surface area contributed by atoms with Crippen molar-refractivity contribution in [2.24, 2.45) is 5.92 Å². The molecule has 1 aromatic carbocycles. The molecule has 0 radical (unpaired) electrons. The van der Waals surface area contributed by atoms with Crippen LogP contribution in [0.15, 0.2) is 18.2 Å². The van der Waals surface area contributed by atoms with Gasteiger partial charge in [0, 0.05) is 12.1 Å². The SMILES string of the molecule is Cc1cc(C(=O)NCC(O)CC(C)C)ccc1F. The van der Waals surface area contributed by atoms with Crippen LogP contribution in [-0.2, 0) is 0 Å². The van der Waals surface area contributed by atoms with Crippen LogP contribution in [0.2, 0.25) is 0 Å². The molecule has 1 atom stereocenters. The van der Waals surface area contributed by atoms with E-state index in [1.165, 1.54) is 18.2 Å². The first-order valence-electron chi connectivity index (χ1n) is 6.12. The van der Waals surface area contributed by atoms with Crippen molar-refractivity contribution in [3.05, 3.63) is 35.1 Å². The lowest BCUT2D eigenvalue weighted by Crippen LogP contribution is -2.32. The summed E-state index contributed by atoms with van der Waals surface area (Å²) in [6.07, 6.45) is 0.0958. The van der Waals surface area contributed by atoms with Gasteiger partial charge in [-0.05, 0) is 43.0 Å². The fourth-order valence-corrected chi connectivity index (χ4v) is 1.73. The third-order valence-corrected chi connectivity index (χ3v) is 2.66. The zero-order valence-electron chi connectivity index (χ0n) is 11.0. The van der Waals surface area contributed by atoms with E-state index in [0.29, 0.717) is 23.5 Å². The predicted octanol–water partition coefficient (Wildman–Crippen LogP) is 2.27. The highest BCUT2D eigenvalue weighted by atomic mass is 19.1. The summed E-state index contributed by atoms with van der Waals surface area (Å²) >= 11 is 0. The third kappa shape index (κ3) is 4.45. The van der Waals surface area contributed by atoms with Crippen LogP contribution in [-0.4, -0.2) is 23.7 Å². The number of benzene rings is 1. The standard InChI is InChI=1S/C14H20FNO2/c1-9(2)6-12(17)8-16-14(18)11-4-5-13(15)10(3)7-11/h4-5,7,9,12,17H,6,8H2,1-3H3,(H,16,18). The number of aliphatic hydroxyl groups is 1. The van der Waals surface area contributed by atoms with Gasteiger partial charge >= 0.3 is 0 Å². The van der Waals surface area contributed by atoms with Crippen LogP contribution in [0, 0.1) is 18.7 Å². The summed E-state index contributed by atoms with van der Waals surface area (Å²) in [6, 6.07) is 4.21. The Morgan fingerprint density at radius 1 is 1.44 bits per heavy atom. The maximum atomic E-state index is 13.0. The molecular formula is C14H20FNO2. The lowest BCUT2D eigenvalue weighted by molar-refractivity contribution is 0.0900. The van der Waals surface area contributed by atoms with Crippen molar-refractivity contribution in [3.63, 3.8) is 0 Å². The number of aliphatic hydroxyl groups excluding tert-OH is 1. The summed E-state index contributed by atoms with van der Waals surface area (Å²) in [7, 11) is 0. The Morgan fingerprint density at radius 2 is 2.11 bits per heavy atom. The minimum atomic E-state index is -0.546. The monoisotopic (exact) mass is 253 g/mol. The normalized spacial score (nSPS) is 12.6. The molecule has 1 aromatic rings. The van der Waals surface area contributed by atoms with Crippen molar-refractivity contribution in [2.75, 3.05) is 6.54 Å². The molecule has 0 heterocycles. The summed E-state index contributed by atoms with van der Waals surface area (Å²) < 4.78 is 13.0. The van der Waals surface area contributed by atoms with Gasteiger partial charge in [-0.3, -0.25) is 4.79 Å². The van der Waals surface area contributed by atoms with Crippen molar-refractivity contribution in [1.82, 2.24) is 5.32 Å². The molecule has 4 heteroatoms. The maximum Gasteiger partial charge on any atom is 0.251 e. The highest BCUT2D eigenvalue weighted by molar-refractivity contribution is 5.94. The van der Waals surface area contributed by atoms with Gasteiger partial charge in [0.15, 0.2) is 0 Å². The molecule has 0 saturated heterocycles. The molecule has 1 unspecified atom stereocenters. The summed E-state index contributed by atoms with van der Waals surface area (Å²) in [5.74, 6) is -0.239. The van der Waals surface area contributed by atoms with E-state index < -0.39 is 6.10 Å². The summed E-state index contributed by atoms with van der Waals surface area (Å²) in [4.78, 5) is 11.8. The minimum Gasteiger partial charge on any atom is -0.391 e. The van der Waals surface area contributed by atoms with Crippen LogP contribution in [0.3, 0.4) is 0 Å². The Morgan fingerprint density at radius 3 is 2.67 bits per heavy atom. The number of carbonyl (C=O) groups excluding carboxylic acids is 1. The molecule has 0 aliphatic heterocycles. The Kier molecular flexibility index (Phi) is 5.28. The second-order valence-corrected chi connectivity index (χ2v) is 4.96. The van der Waals surface area contributed by atoms with Crippen molar-refractivity contribution >= 4 is 5.91 Å². The Bertz CT molecular complexity index is 418. The number of amides is 1. The van der Waals surface area contributed by atoms with Crippen LogP contribution < -0.4 is 5.32 Å². The molecule has 0 aliphatic rings. The van der Waals surface area contributed by atoms with Gasteiger partial charge in [-0.25, -0.2) is 4.39 Å². The molecule has 0 spiro atoms. The number of nitrogens with one attached hydrogen (secondary N) is 1. The van der Waals surface area contributed by atoms with Crippen molar-refractivity contribution < 1.29 is 14.3 Å². The number of hydrogen-bond acceptors (Lipinski definition) is 2. The first-order valence-corrected chi connectivity index (χ1v) is 6.12. The van der Waals surface area contributed by atoms with Crippen LogP contribution in [0.5, 0.6) is 0 Å². The molecule has 18 heavy (non-hydrogen) atoms. The van der Waals surface area contributed by atoms with Gasteiger partial charge in [-0.1, -0.05) is 13.8 Å². The number of carbonyl (C=O) groups is 1. The fourth-order valence-electron chi connectivity index (χ4n) is 1.73. The molecule has 0 saturated carbocycles. The second-order valence-electron chi connectivity index (χ2n) is 4.96. The quantitative estimate of drug-likeness (QED) is 0.845. The van der Waals surface area contributed by atoms with E-state index in [2.05, 4.69) is 5.32 Å². The van der Waals surface area contributed by atoms with Crippen LogP contribution in [0.25, 0.3) is 0 Å². The molecule has 0 bridgehead atoms. The molecule has 1 amide bonds. The van der Waals surface area contributed by atoms with Gasteiger partial charge in [0.05, 0.1) is 6.10 Å². The molecular weight excluding hydrogens is 233 g/mol. The van der Waals surface area contributed by atoms with Gasteiger partial charge in [0.2, 0.25) is 0 Å². The summed E-state index contributed by atoms with van der Waals surface area (Å²) in [5, 5.41) is 12.3. The topological polar surface area (TPSA) is 49.3 Å². The third-order valence-electron chi connectivity index (χ3n) is 2.66. The highest BCUT2D eigenvalue weighted by Gasteiger charge is 2.11. The molecule has 1 rings (SSSR count). The van der Waals surface area contributed by atoms with Gasteiger partial charge < -0.3 is 10.4 Å². The average Bonchev–Trinajstić information content (AvgIpc) is 2.28. The molecule has 0 aromatic heterocycles. The highest BCUT2D eigenvalue weighted by Crippen LogP contribution is 2.09. The molecule has 100 valence electrons. The van der Waals surface area contributed by atoms with E-state index in [1.807, 2.05) is 13.8 Å². The van der Waals surface area contributed by atoms with E-state index >= 15 is 0 Å². The van der Waals surface area contributed by atoms with Gasteiger partial charge in [-0.15, -0.1) is 0 Å². The lowest BCUT2D eigenvalue weighted by Gasteiger charge is -2.14. The minimum absolute atomic E-state index is 0.216. The van der Waals surface area contributed by atoms with Gasteiger partial charge in [0.25, 0.3) is 5.91 Å². The van der Waals surface area contributed by atoms with E-state index in [4.69, 9.17) is 0 Å². The van der Waals surface area contributed by atoms with E-state index in [-0.39, 0.29) is 18.3 Å². The number of hydrogen-bond donors (Lipinski definition) is 2. The van der Waals surface area contributed by atoms with E-state index in [0.717, 1.165) is 0 Å². The molecule has 3 nitrogen and oxygen atoms in total. The average molecular weight is 253 g/mol. The lowest BCUT2D eigenvalue weighted by atomic mass is 10.1. The van der Waals surface area contributed by atoms with Gasteiger partial charge in [0.1, 0.15) is 5.82 Å². The van der Waals surface area contributed by atoms with Crippen molar-refractivity contribution in [2.45, 2.75) is 33.3 Å². The fraction of sp³-hybridized carbons (Fsp3) is 0.500. The summed E-state index contributed by atoms with van der Waals surface area (Å²) in [5.41, 5.74) is 0.844. The molecule has 0 fully saturated rings. The first-order chi connectivity index (χ1) is 8.40. The number of aryl methyl sites for hydroxylation is 1. The number of rotatable bonds is 5. The zero-order valence-corrected chi connectivity index (χ0v) is 11.0. The van der Waals surface area contributed by atoms with Crippen LogP contribution >= 0.6 is 0 Å². The van der Waals surface area contributed by atoms with E-state index in [9.17, 15) is 14.3 Å². The molecule has 0 aliphatic carbocycles. The Labute approximate surface area is 107 Å². The predicted molar refractivity (Wildman–Crippen MR) is 68.9 cm³/mol. The maximum absolute atomic E-state index is 13.0. The van der Waals surface area contributed by atoms with Crippen LogP contribution in [0.1, 0.15) is 36.2 Å². The second kappa shape index (κ2) is 6.50. The van der Waals surface area contributed by atoms with Crippen LogP contribution in [0.4, 0.5) is 4.39 Å². The first kappa shape index (κ1) is 14.6. The van der Waals surface area contributed by atoms with Gasteiger partial charge in [-0.2, -0.15) is 0 Å². The summed E-state index contributed by atoms with van der Waals surface area (Å²) in [6.45, 7) is 5.84. The smallest absolute Gasteiger partial charge is 0.251 e. The van der Waals surface area contributed by atoms with Crippen molar-refractivity contribution in [1.29, 1.82) is 0 Å². The Hall–Kier alpha value is -1.42. The number of halogens is 1. The van der Waals surface area contributed by atoms with Crippen molar-refractivity contribution in [3.8, 4) is 0 Å². The Balaban J connectivity index is 2.52. The zero-order chi connectivity index (χ0) is 13.7. The van der Waals surface area contributed by atoms with E-state index in [1.54, 1.807) is 6.92 Å². The largest absolute Gasteiger partial charge is 0.391 e. The molecule has 2 N–H and O–H groups in total.